The van der Waals surface area contributed by atoms with Crippen molar-refractivity contribution >= 4 is 5.91 Å². The molecule has 0 saturated heterocycles. The van der Waals surface area contributed by atoms with Gasteiger partial charge in [-0.2, -0.15) is 0 Å². The second-order valence-electron chi connectivity index (χ2n) is 4.35. The van der Waals surface area contributed by atoms with Gasteiger partial charge in [-0.3, -0.25) is 14.9 Å². The minimum atomic E-state index is -0.419. The number of carbonyl (C=O) groups is 1. The average Bonchev–Trinajstić information content (AvgIpc) is 2.84. The lowest BCUT2D eigenvalue weighted by atomic mass is 10.2. The number of hydrogen-bond acceptors (Lipinski definition) is 5. The Bertz CT molecular complexity index is 364. The number of hydrazine groups is 1. The highest BCUT2D eigenvalue weighted by molar-refractivity contribution is 5.91. The summed E-state index contributed by atoms with van der Waals surface area (Å²) in [5.74, 6) is 4.60. The Hall–Kier alpha value is -1.47. The molecule has 0 atom stereocenters. The van der Waals surface area contributed by atoms with Gasteiger partial charge >= 0.3 is 0 Å². The minimum Gasteiger partial charge on any atom is -0.305 e. The molecule has 0 aromatic carbocycles. The molecule has 0 spiro atoms. The number of nitrogens with one attached hydrogen (secondary N) is 1. The van der Waals surface area contributed by atoms with Crippen molar-refractivity contribution in [2.45, 2.75) is 32.7 Å². The maximum atomic E-state index is 11.2. The zero-order chi connectivity index (χ0) is 13.4. The van der Waals surface area contributed by atoms with Gasteiger partial charge in [0.25, 0.3) is 5.91 Å². The van der Waals surface area contributed by atoms with Crippen molar-refractivity contribution in [2.75, 3.05) is 20.1 Å². The highest BCUT2D eigenvalue weighted by atomic mass is 16.2. The summed E-state index contributed by atoms with van der Waals surface area (Å²) in [5, 5.41) is 7.62. The normalized spacial score (nSPS) is 10.9. The Balaban J connectivity index is 2.30. The summed E-state index contributed by atoms with van der Waals surface area (Å²) >= 11 is 0. The smallest absolute Gasteiger partial charge is 0.287 e. The lowest BCUT2D eigenvalue weighted by Gasteiger charge is -2.15. The van der Waals surface area contributed by atoms with Crippen molar-refractivity contribution in [2.24, 2.45) is 5.84 Å². The molecule has 1 rings (SSSR count). The van der Waals surface area contributed by atoms with E-state index in [9.17, 15) is 4.79 Å². The van der Waals surface area contributed by atoms with Gasteiger partial charge in [0.2, 0.25) is 0 Å². The summed E-state index contributed by atoms with van der Waals surface area (Å²) in [5.41, 5.74) is 2.27. The van der Waals surface area contributed by atoms with Gasteiger partial charge in [0.15, 0.2) is 5.69 Å². The van der Waals surface area contributed by atoms with Crippen molar-refractivity contribution < 1.29 is 4.79 Å². The number of aromatic nitrogens is 3. The lowest BCUT2D eigenvalue weighted by molar-refractivity contribution is 0.0948. The van der Waals surface area contributed by atoms with Gasteiger partial charge in [-0.1, -0.05) is 25.0 Å². The SMILES string of the molecule is CCCCCN(C)CCn1cc(C(=O)NN)nn1. The van der Waals surface area contributed by atoms with Crippen molar-refractivity contribution in [1.82, 2.24) is 25.3 Å². The van der Waals surface area contributed by atoms with Gasteiger partial charge in [-0.25, -0.2) is 5.84 Å². The Morgan fingerprint density at radius 3 is 2.94 bits per heavy atom. The molecule has 0 bridgehead atoms. The van der Waals surface area contributed by atoms with Crippen LogP contribution >= 0.6 is 0 Å². The van der Waals surface area contributed by atoms with E-state index in [0.29, 0.717) is 6.54 Å². The summed E-state index contributed by atoms with van der Waals surface area (Å²) in [4.78, 5) is 13.4. The number of unbranched alkanes of at least 4 members (excludes halogenated alkanes) is 2. The molecule has 3 N–H and O–H groups in total. The van der Waals surface area contributed by atoms with Crippen LogP contribution in [-0.4, -0.2) is 45.9 Å². The van der Waals surface area contributed by atoms with Gasteiger partial charge < -0.3 is 4.90 Å². The second kappa shape index (κ2) is 7.78. The van der Waals surface area contributed by atoms with Crippen molar-refractivity contribution in [3.8, 4) is 0 Å². The van der Waals surface area contributed by atoms with Crippen molar-refractivity contribution in [3.63, 3.8) is 0 Å². The molecule has 1 amide bonds. The van der Waals surface area contributed by atoms with E-state index in [1.807, 2.05) is 5.43 Å². The van der Waals surface area contributed by atoms with Crippen LogP contribution in [0.3, 0.4) is 0 Å². The summed E-state index contributed by atoms with van der Waals surface area (Å²) < 4.78 is 1.65. The number of carbonyl (C=O) groups excluding carboxylic acids is 1. The van der Waals surface area contributed by atoms with Crippen LogP contribution in [0, 0.1) is 0 Å². The Labute approximate surface area is 107 Å². The average molecular weight is 254 g/mol. The Morgan fingerprint density at radius 2 is 2.28 bits per heavy atom. The van der Waals surface area contributed by atoms with Crippen LogP contribution in [0.25, 0.3) is 0 Å². The van der Waals surface area contributed by atoms with Crippen LogP contribution in [0.5, 0.6) is 0 Å². The van der Waals surface area contributed by atoms with Gasteiger partial charge in [-0.15, -0.1) is 5.10 Å². The van der Waals surface area contributed by atoms with Crippen LogP contribution in [0.1, 0.15) is 36.7 Å². The third kappa shape index (κ3) is 4.80. The highest BCUT2D eigenvalue weighted by Gasteiger charge is 2.08. The van der Waals surface area contributed by atoms with Crippen molar-refractivity contribution in [1.29, 1.82) is 0 Å². The van der Waals surface area contributed by atoms with Crippen LogP contribution in [0.2, 0.25) is 0 Å². The number of amides is 1. The number of nitrogens with zero attached hydrogens (tertiary/aromatic N) is 4. The molecule has 0 aliphatic heterocycles. The molecule has 0 aliphatic carbocycles. The molecule has 1 aromatic rings. The maximum Gasteiger partial charge on any atom is 0.287 e. The molecule has 0 radical (unpaired) electrons. The maximum absolute atomic E-state index is 11.2. The fraction of sp³-hybridized carbons (Fsp3) is 0.727. The molecule has 102 valence electrons. The number of nitrogen functional groups attached to an aromatic ring is 1. The van der Waals surface area contributed by atoms with E-state index < -0.39 is 5.91 Å². The molecular formula is C11H22N6O. The van der Waals surface area contributed by atoms with Crippen LogP contribution in [0.15, 0.2) is 6.20 Å². The second-order valence-corrected chi connectivity index (χ2v) is 4.35. The molecule has 0 unspecified atom stereocenters. The molecule has 1 aromatic heterocycles. The van der Waals surface area contributed by atoms with E-state index in [0.717, 1.165) is 13.1 Å². The largest absolute Gasteiger partial charge is 0.305 e. The predicted octanol–water partition coefficient (Wildman–Crippen LogP) is 0.00360. The topological polar surface area (TPSA) is 89.1 Å². The number of hydrogen-bond donors (Lipinski definition) is 2. The third-order valence-corrected chi connectivity index (χ3v) is 2.76. The fourth-order valence-corrected chi connectivity index (χ4v) is 1.60. The first-order valence-electron chi connectivity index (χ1n) is 6.27. The summed E-state index contributed by atoms with van der Waals surface area (Å²) in [6.45, 7) is 4.88. The summed E-state index contributed by atoms with van der Waals surface area (Å²) in [6, 6.07) is 0. The standard InChI is InChI=1S/C11H22N6O/c1-3-4-5-6-16(2)7-8-17-9-10(14-15-17)11(18)13-12/h9H,3-8,12H2,1-2H3,(H,13,18). The van der Waals surface area contributed by atoms with E-state index >= 15 is 0 Å². The minimum absolute atomic E-state index is 0.242. The molecular weight excluding hydrogens is 232 g/mol. The number of nitrogens with two attached hydrogens (primary N) is 1. The zero-order valence-corrected chi connectivity index (χ0v) is 11.1. The molecule has 0 fully saturated rings. The monoisotopic (exact) mass is 254 g/mol. The van der Waals surface area contributed by atoms with E-state index in [-0.39, 0.29) is 5.69 Å². The molecule has 7 heteroatoms. The van der Waals surface area contributed by atoms with Crippen LogP contribution in [0.4, 0.5) is 0 Å². The van der Waals surface area contributed by atoms with Gasteiger partial charge in [0.1, 0.15) is 0 Å². The van der Waals surface area contributed by atoms with Crippen molar-refractivity contribution in [3.05, 3.63) is 11.9 Å². The van der Waals surface area contributed by atoms with E-state index in [4.69, 9.17) is 5.84 Å². The first-order chi connectivity index (χ1) is 8.67. The zero-order valence-electron chi connectivity index (χ0n) is 11.1. The molecule has 18 heavy (non-hydrogen) atoms. The number of likely N-dealkylation sites (N-methyl/N-ethyl adjacent to an activating group) is 1. The van der Waals surface area contributed by atoms with Gasteiger partial charge in [0.05, 0.1) is 12.7 Å². The lowest BCUT2D eigenvalue weighted by Crippen LogP contribution is -2.30. The van der Waals surface area contributed by atoms with Crippen LogP contribution < -0.4 is 11.3 Å². The molecule has 0 aliphatic rings. The van der Waals surface area contributed by atoms with E-state index in [1.165, 1.54) is 19.3 Å². The molecule has 7 nitrogen and oxygen atoms in total. The van der Waals surface area contributed by atoms with Gasteiger partial charge in [-0.05, 0) is 20.0 Å². The first-order valence-corrected chi connectivity index (χ1v) is 6.27. The molecule has 1 heterocycles. The molecule has 0 saturated carbocycles. The predicted molar refractivity (Wildman–Crippen MR) is 68.7 cm³/mol. The third-order valence-electron chi connectivity index (χ3n) is 2.76. The number of rotatable bonds is 8. The van der Waals surface area contributed by atoms with E-state index in [2.05, 4.69) is 29.2 Å². The fourth-order valence-electron chi connectivity index (χ4n) is 1.60. The van der Waals surface area contributed by atoms with E-state index in [1.54, 1.807) is 10.9 Å². The summed E-state index contributed by atoms with van der Waals surface area (Å²) in [7, 11) is 2.08. The Morgan fingerprint density at radius 1 is 1.50 bits per heavy atom. The quantitative estimate of drug-likeness (QED) is 0.295. The summed E-state index contributed by atoms with van der Waals surface area (Å²) in [6.07, 6.45) is 5.30. The Kier molecular flexibility index (Phi) is 6.31. The van der Waals surface area contributed by atoms with Crippen LogP contribution in [-0.2, 0) is 6.54 Å². The van der Waals surface area contributed by atoms with Gasteiger partial charge in [0, 0.05) is 6.54 Å². The highest BCUT2D eigenvalue weighted by Crippen LogP contribution is 1.97. The first kappa shape index (κ1) is 14.6.